The van der Waals surface area contributed by atoms with Crippen LogP contribution in [0.2, 0.25) is 0 Å². The molecule has 0 saturated carbocycles. The summed E-state index contributed by atoms with van der Waals surface area (Å²) in [4.78, 5) is 28.1. The molecule has 0 aliphatic carbocycles. The maximum Gasteiger partial charge on any atom is 0.241 e. The van der Waals surface area contributed by atoms with Crippen molar-refractivity contribution in [1.82, 2.24) is 15.1 Å². The lowest BCUT2D eigenvalue weighted by Crippen LogP contribution is -2.50. The van der Waals surface area contributed by atoms with Crippen molar-refractivity contribution < 1.29 is 9.59 Å². The van der Waals surface area contributed by atoms with E-state index in [0.29, 0.717) is 0 Å². The summed E-state index contributed by atoms with van der Waals surface area (Å²) in [6.45, 7) is 9.09. The van der Waals surface area contributed by atoms with Crippen molar-refractivity contribution in [2.45, 2.75) is 45.7 Å². The van der Waals surface area contributed by atoms with E-state index in [9.17, 15) is 9.59 Å². The molecule has 8 heteroatoms. The smallest absolute Gasteiger partial charge is 0.241 e. The Morgan fingerprint density at radius 3 is 2.22 bits per heavy atom. The quantitative estimate of drug-likeness (QED) is 0.726. The fourth-order valence-corrected chi connectivity index (χ4v) is 2.53. The third-order valence-electron chi connectivity index (χ3n) is 4.38. The van der Waals surface area contributed by atoms with Gasteiger partial charge in [0.2, 0.25) is 11.8 Å². The maximum atomic E-state index is 12.1. The average molecular weight is 371 g/mol. The largest absolute Gasteiger partial charge is 0.346 e. The Balaban J connectivity index is 0. The molecule has 23 heavy (non-hydrogen) atoms. The van der Waals surface area contributed by atoms with E-state index in [-0.39, 0.29) is 55.1 Å². The normalized spacial score (nSPS) is 17.0. The van der Waals surface area contributed by atoms with Crippen LogP contribution >= 0.6 is 24.8 Å². The summed E-state index contributed by atoms with van der Waals surface area (Å²) < 4.78 is 0. The van der Waals surface area contributed by atoms with Crippen molar-refractivity contribution in [3.8, 4) is 0 Å². The molecule has 138 valence electrons. The minimum absolute atomic E-state index is 0. The molecule has 0 aromatic rings. The number of hydrogen-bond donors (Lipinski definition) is 2. The zero-order chi connectivity index (χ0) is 16.0. The van der Waals surface area contributed by atoms with Gasteiger partial charge in [0.25, 0.3) is 0 Å². The van der Waals surface area contributed by atoms with Crippen LogP contribution in [0.1, 0.15) is 33.6 Å². The summed E-state index contributed by atoms with van der Waals surface area (Å²) in [5.74, 6) is -0.238. The molecule has 6 nitrogen and oxygen atoms in total. The molecule has 1 aliphatic rings. The van der Waals surface area contributed by atoms with Crippen LogP contribution in [0.15, 0.2) is 0 Å². The van der Waals surface area contributed by atoms with Gasteiger partial charge in [0.1, 0.15) is 0 Å². The first-order valence-electron chi connectivity index (χ1n) is 7.88. The highest BCUT2D eigenvalue weighted by Gasteiger charge is 2.25. The number of likely N-dealkylation sites (N-methyl/N-ethyl adjacent to an activating group) is 1. The fraction of sp³-hybridized carbons (Fsp3) is 0.867. The molecule has 2 amide bonds. The van der Waals surface area contributed by atoms with E-state index in [0.717, 1.165) is 32.5 Å². The van der Waals surface area contributed by atoms with E-state index in [1.54, 1.807) is 4.90 Å². The van der Waals surface area contributed by atoms with Gasteiger partial charge in [-0.3, -0.25) is 9.59 Å². The van der Waals surface area contributed by atoms with E-state index in [4.69, 9.17) is 5.73 Å². The van der Waals surface area contributed by atoms with Crippen LogP contribution in [-0.4, -0.2) is 66.9 Å². The van der Waals surface area contributed by atoms with Crippen LogP contribution in [-0.2, 0) is 9.59 Å². The number of carbonyl (C=O) groups excluding carboxylic acids is 2. The Morgan fingerprint density at radius 2 is 1.78 bits per heavy atom. The highest BCUT2D eigenvalue weighted by Crippen LogP contribution is 2.15. The summed E-state index contributed by atoms with van der Waals surface area (Å²) in [5, 5.41) is 2.64. The van der Waals surface area contributed by atoms with Crippen LogP contribution in [0.4, 0.5) is 0 Å². The lowest BCUT2D eigenvalue weighted by atomic mass is 10.0. The van der Waals surface area contributed by atoms with Gasteiger partial charge in [-0.15, -0.1) is 24.8 Å². The Morgan fingerprint density at radius 1 is 1.26 bits per heavy atom. The zero-order valence-corrected chi connectivity index (χ0v) is 16.2. The molecular formula is C15H32Cl2N4O2. The van der Waals surface area contributed by atoms with Crippen LogP contribution in [0, 0.1) is 5.92 Å². The first kappa shape index (κ1) is 24.7. The molecule has 1 fully saturated rings. The molecule has 0 aromatic carbocycles. The zero-order valence-electron chi connectivity index (χ0n) is 14.6. The van der Waals surface area contributed by atoms with Crippen LogP contribution in [0.3, 0.4) is 0 Å². The van der Waals surface area contributed by atoms with E-state index < -0.39 is 6.04 Å². The first-order chi connectivity index (χ1) is 9.86. The summed E-state index contributed by atoms with van der Waals surface area (Å²) in [7, 11) is 1.82. The third-order valence-corrected chi connectivity index (χ3v) is 4.38. The lowest BCUT2D eigenvalue weighted by Gasteiger charge is -2.36. The van der Waals surface area contributed by atoms with Gasteiger partial charge in [-0.05, 0) is 25.3 Å². The van der Waals surface area contributed by atoms with Gasteiger partial charge in [0, 0.05) is 26.2 Å². The lowest BCUT2D eigenvalue weighted by molar-refractivity contribution is -0.134. The Hall–Kier alpha value is -0.560. The van der Waals surface area contributed by atoms with Crippen molar-refractivity contribution in [2.24, 2.45) is 11.7 Å². The molecule has 0 unspecified atom stereocenters. The van der Waals surface area contributed by atoms with Gasteiger partial charge in [0.05, 0.1) is 12.6 Å². The standard InChI is InChI=1S/C15H30N4O2.2ClH/c1-5-19-8-6-12(7-9-19)18(4)13(20)10-17-15(21)14(16)11(2)3;;/h11-12,14H,5-10,16H2,1-4H3,(H,17,21);2*1H/t14-;;/m0../s1. The number of rotatable bonds is 6. The van der Waals surface area contributed by atoms with Crippen molar-refractivity contribution in [2.75, 3.05) is 33.2 Å². The average Bonchev–Trinajstić information content (AvgIpc) is 2.50. The second-order valence-electron chi connectivity index (χ2n) is 6.16. The molecule has 0 spiro atoms. The summed E-state index contributed by atoms with van der Waals surface area (Å²) >= 11 is 0. The molecule has 1 atom stereocenters. The van der Waals surface area contributed by atoms with Crippen molar-refractivity contribution in [1.29, 1.82) is 0 Å². The molecule has 3 N–H and O–H groups in total. The SMILES string of the molecule is CCN1CCC(N(C)C(=O)CNC(=O)[C@@H](N)C(C)C)CC1.Cl.Cl. The second kappa shape index (κ2) is 11.9. The number of nitrogens with zero attached hydrogens (tertiary/aromatic N) is 2. The maximum absolute atomic E-state index is 12.1. The monoisotopic (exact) mass is 370 g/mol. The van der Waals surface area contributed by atoms with Crippen molar-refractivity contribution >= 4 is 36.6 Å². The fourth-order valence-electron chi connectivity index (χ4n) is 2.53. The number of amides is 2. The van der Waals surface area contributed by atoms with E-state index in [2.05, 4.69) is 17.1 Å². The van der Waals surface area contributed by atoms with Gasteiger partial charge in [0.15, 0.2) is 0 Å². The molecule has 1 heterocycles. The molecule has 0 bridgehead atoms. The number of carbonyl (C=O) groups is 2. The second-order valence-corrected chi connectivity index (χ2v) is 6.16. The number of nitrogens with one attached hydrogen (secondary N) is 1. The van der Waals surface area contributed by atoms with Gasteiger partial charge in [-0.2, -0.15) is 0 Å². The number of nitrogens with two attached hydrogens (primary N) is 1. The molecule has 0 radical (unpaired) electrons. The molecule has 0 aromatic heterocycles. The van der Waals surface area contributed by atoms with E-state index in [1.807, 2.05) is 20.9 Å². The Kier molecular flexibility index (Phi) is 12.8. The number of piperidine rings is 1. The van der Waals surface area contributed by atoms with Crippen LogP contribution in [0.5, 0.6) is 0 Å². The number of halogens is 2. The molecule has 1 aliphatic heterocycles. The first-order valence-corrected chi connectivity index (χ1v) is 7.88. The van der Waals surface area contributed by atoms with Gasteiger partial charge < -0.3 is 20.9 Å². The summed E-state index contributed by atoms with van der Waals surface area (Å²) in [5.41, 5.74) is 5.75. The van der Waals surface area contributed by atoms with Crippen LogP contribution < -0.4 is 11.1 Å². The molecular weight excluding hydrogens is 339 g/mol. The minimum Gasteiger partial charge on any atom is -0.346 e. The highest BCUT2D eigenvalue weighted by atomic mass is 35.5. The van der Waals surface area contributed by atoms with Gasteiger partial charge >= 0.3 is 0 Å². The number of likely N-dealkylation sites (tertiary alicyclic amines) is 1. The van der Waals surface area contributed by atoms with E-state index in [1.165, 1.54) is 0 Å². The summed E-state index contributed by atoms with van der Waals surface area (Å²) in [6.07, 6.45) is 1.99. The van der Waals surface area contributed by atoms with Crippen LogP contribution in [0.25, 0.3) is 0 Å². The minimum atomic E-state index is -0.559. The Bertz CT molecular complexity index is 361. The predicted molar refractivity (Wildman–Crippen MR) is 98.2 cm³/mol. The predicted octanol–water partition coefficient (Wildman–Crippen LogP) is 0.872. The molecule has 1 rings (SSSR count). The number of hydrogen-bond acceptors (Lipinski definition) is 4. The van der Waals surface area contributed by atoms with Gasteiger partial charge in [-0.1, -0.05) is 20.8 Å². The van der Waals surface area contributed by atoms with Crippen molar-refractivity contribution in [3.05, 3.63) is 0 Å². The summed E-state index contributed by atoms with van der Waals surface area (Å²) in [6, 6.07) is -0.285. The van der Waals surface area contributed by atoms with E-state index >= 15 is 0 Å². The molecule has 1 saturated heterocycles. The van der Waals surface area contributed by atoms with Gasteiger partial charge in [-0.25, -0.2) is 0 Å². The topological polar surface area (TPSA) is 78.7 Å². The highest BCUT2D eigenvalue weighted by molar-refractivity contribution is 5.87. The Labute approximate surface area is 152 Å². The van der Waals surface area contributed by atoms with Crippen molar-refractivity contribution in [3.63, 3.8) is 0 Å². The third kappa shape index (κ3) is 7.70.